The molecule has 0 saturated carbocycles. The highest BCUT2D eigenvalue weighted by Gasteiger charge is 2.31. The van der Waals surface area contributed by atoms with Crippen molar-refractivity contribution in [2.75, 3.05) is 18.0 Å². The fraction of sp³-hybridized carbons (Fsp3) is 0.600. The summed E-state index contributed by atoms with van der Waals surface area (Å²) >= 11 is 0.995. The van der Waals surface area contributed by atoms with Crippen LogP contribution in [0.1, 0.15) is 28.7 Å². The fourth-order valence-corrected chi connectivity index (χ4v) is 2.27. The van der Waals surface area contributed by atoms with Gasteiger partial charge in [-0.1, -0.05) is 18.3 Å². The summed E-state index contributed by atoms with van der Waals surface area (Å²) in [6.45, 7) is 2.64. The minimum atomic E-state index is -4.27. The Morgan fingerprint density at radius 1 is 1.47 bits per heavy atom. The van der Waals surface area contributed by atoms with Crippen molar-refractivity contribution in [1.29, 1.82) is 0 Å². The van der Waals surface area contributed by atoms with Crippen molar-refractivity contribution in [3.05, 3.63) is 10.6 Å². The Hall–Kier alpha value is -1.11. The van der Waals surface area contributed by atoms with Crippen LogP contribution < -0.4 is 4.90 Å². The van der Waals surface area contributed by atoms with Crippen LogP contribution in [0.4, 0.5) is 18.3 Å². The number of anilines is 1. The van der Waals surface area contributed by atoms with Crippen LogP contribution >= 0.6 is 11.3 Å². The lowest BCUT2D eigenvalue weighted by Gasteiger charge is -2.22. The average Bonchev–Trinajstić information content (AvgIpc) is 2.57. The van der Waals surface area contributed by atoms with E-state index >= 15 is 0 Å². The third-order valence-corrected chi connectivity index (χ3v) is 3.21. The van der Waals surface area contributed by atoms with E-state index in [1.165, 1.54) is 0 Å². The second kappa shape index (κ2) is 5.48. The summed E-state index contributed by atoms with van der Waals surface area (Å²) in [5, 5.41) is 0.253. The molecule has 0 saturated heterocycles. The monoisotopic (exact) mass is 266 g/mol. The number of thiazole rings is 1. The first-order valence-corrected chi connectivity index (χ1v) is 5.93. The lowest BCUT2D eigenvalue weighted by Crippen LogP contribution is -2.34. The van der Waals surface area contributed by atoms with Gasteiger partial charge >= 0.3 is 6.18 Å². The molecule has 0 atom stereocenters. The Morgan fingerprint density at radius 3 is 2.53 bits per heavy atom. The summed E-state index contributed by atoms with van der Waals surface area (Å²) in [7, 11) is 0. The van der Waals surface area contributed by atoms with Gasteiger partial charge in [-0.3, -0.25) is 4.79 Å². The molecule has 0 N–H and O–H groups in total. The predicted molar refractivity (Wildman–Crippen MR) is 60.8 cm³/mol. The SMILES string of the molecule is CCCN(CC(F)(F)F)c1nc(C)c(C=O)s1. The van der Waals surface area contributed by atoms with Crippen LogP contribution in [-0.4, -0.2) is 30.5 Å². The summed E-state index contributed by atoms with van der Waals surface area (Å²) in [4.78, 5) is 16.2. The van der Waals surface area contributed by atoms with Crippen LogP contribution in [0.3, 0.4) is 0 Å². The van der Waals surface area contributed by atoms with Crippen LogP contribution in [0, 0.1) is 6.92 Å². The van der Waals surface area contributed by atoms with E-state index in [9.17, 15) is 18.0 Å². The maximum atomic E-state index is 12.4. The van der Waals surface area contributed by atoms with E-state index in [0.717, 1.165) is 16.2 Å². The van der Waals surface area contributed by atoms with E-state index in [2.05, 4.69) is 4.98 Å². The van der Waals surface area contributed by atoms with E-state index in [0.29, 0.717) is 23.3 Å². The molecule has 0 fully saturated rings. The first-order valence-electron chi connectivity index (χ1n) is 5.11. The van der Waals surface area contributed by atoms with Crippen molar-refractivity contribution in [2.24, 2.45) is 0 Å². The van der Waals surface area contributed by atoms with Crippen LogP contribution in [0.5, 0.6) is 0 Å². The quantitative estimate of drug-likeness (QED) is 0.768. The van der Waals surface area contributed by atoms with Gasteiger partial charge in [0.15, 0.2) is 11.4 Å². The molecule has 1 heterocycles. The number of hydrogen-bond donors (Lipinski definition) is 0. The van der Waals surface area contributed by atoms with Crippen LogP contribution in [0.15, 0.2) is 0 Å². The number of carbonyl (C=O) groups excluding carboxylic acids is 1. The van der Waals surface area contributed by atoms with Crippen molar-refractivity contribution in [3.8, 4) is 0 Å². The Kier molecular flexibility index (Phi) is 4.50. The number of halogens is 3. The Morgan fingerprint density at radius 2 is 2.12 bits per heavy atom. The van der Waals surface area contributed by atoms with E-state index in [-0.39, 0.29) is 11.7 Å². The number of rotatable bonds is 5. The molecule has 0 unspecified atom stereocenters. The zero-order valence-corrected chi connectivity index (χ0v) is 10.4. The summed E-state index contributed by atoms with van der Waals surface area (Å²) in [6, 6.07) is 0. The molecule has 0 aliphatic rings. The normalized spacial score (nSPS) is 11.6. The van der Waals surface area contributed by atoms with E-state index in [1.54, 1.807) is 13.8 Å². The van der Waals surface area contributed by atoms with E-state index < -0.39 is 12.7 Å². The van der Waals surface area contributed by atoms with Gasteiger partial charge in [0, 0.05) is 6.54 Å². The minimum absolute atomic E-state index is 0.253. The van der Waals surface area contributed by atoms with Crippen molar-refractivity contribution in [3.63, 3.8) is 0 Å². The molecule has 0 aliphatic heterocycles. The second-order valence-corrected chi connectivity index (χ2v) is 4.61. The molecule has 0 aliphatic carbocycles. The predicted octanol–water partition coefficient (Wildman–Crippen LogP) is 3.04. The van der Waals surface area contributed by atoms with Gasteiger partial charge in [-0.2, -0.15) is 13.2 Å². The van der Waals surface area contributed by atoms with Gasteiger partial charge in [0.2, 0.25) is 0 Å². The average molecular weight is 266 g/mol. The Labute approximate surface area is 101 Å². The van der Waals surface area contributed by atoms with Crippen LogP contribution in [0.25, 0.3) is 0 Å². The highest BCUT2D eigenvalue weighted by atomic mass is 32.1. The summed E-state index contributed by atoms with van der Waals surface area (Å²) < 4.78 is 37.1. The van der Waals surface area contributed by atoms with Crippen molar-refractivity contribution in [2.45, 2.75) is 26.4 Å². The summed E-state index contributed by atoms with van der Waals surface area (Å²) in [5.41, 5.74) is 0.475. The van der Waals surface area contributed by atoms with Gasteiger partial charge in [0.05, 0.1) is 10.6 Å². The number of hydrogen-bond acceptors (Lipinski definition) is 4. The van der Waals surface area contributed by atoms with E-state index in [4.69, 9.17) is 0 Å². The zero-order chi connectivity index (χ0) is 13.1. The number of aldehydes is 1. The summed E-state index contributed by atoms with van der Waals surface area (Å²) in [5.74, 6) is 0. The Balaban J connectivity index is 2.92. The molecular weight excluding hydrogens is 253 g/mol. The van der Waals surface area contributed by atoms with Gasteiger partial charge in [-0.25, -0.2) is 4.98 Å². The molecule has 0 bridgehead atoms. The third kappa shape index (κ3) is 3.99. The number of nitrogens with zero attached hydrogens (tertiary/aromatic N) is 2. The molecule has 7 heteroatoms. The highest BCUT2D eigenvalue weighted by Crippen LogP contribution is 2.28. The third-order valence-electron chi connectivity index (χ3n) is 2.06. The molecule has 1 aromatic heterocycles. The lowest BCUT2D eigenvalue weighted by atomic mass is 10.4. The minimum Gasteiger partial charge on any atom is -0.339 e. The molecule has 96 valence electrons. The van der Waals surface area contributed by atoms with Crippen LogP contribution in [0.2, 0.25) is 0 Å². The lowest BCUT2D eigenvalue weighted by molar-refractivity contribution is -0.119. The largest absolute Gasteiger partial charge is 0.406 e. The van der Waals surface area contributed by atoms with Gasteiger partial charge in [0.25, 0.3) is 0 Å². The molecule has 0 radical (unpaired) electrons. The molecule has 1 rings (SSSR count). The smallest absolute Gasteiger partial charge is 0.339 e. The van der Waals surface area contributed by atoms with Crippen molar-refractivity contribution in [1.82, 2.24) is 4.98 Å². The first kappa shape index (κ1) is 14.0. The van der Waals surface area contributed by atoms with Crippen molar-refractivity contribution >= 4 is 22.8 Å². The fourth-order valence-electron chi connectivity index (χ4n) is 1.37. The van der Waals surface area contributed by atoms with E-state index in [1.807, 2.05) is 0 Å². The van der Waals surface area contributed by atoms with Gasteiger partial charge in [-0.05, 0) is 13.3 Å². The summed E-state index contributed by atoms with van der Waals surface area (Å²) in [6.07, 6.45) is -3.06. The molecule has 1 aromatic rings. The molecule has 3 nitrogen and oxygen atoms in total. The standard InChI is InChI=1S/C10H13F3N2OS/c1-3-4-15(6-10(11,12)13)9-14-7(2)8(5-16)17-9/h5H,3-4,6H2,1-2H3. The number of aromatic nitrogens is 1. The molecule has 0 spiro atoms. The van der Waals surface area contributed by atoms with Crippen LogP contribution in [-0.2, 0) is 0 Å². The number of carbonyl (C=O) groups is 1. The molecule has 0 aromatic carbocycles. The number of aryl methyl sites for hydroxylation is 1. The topological polar surface area (TPSA) is 33.2 Å². The van der Waals surface area contributed by atoms with Gasteiger partial charge in [-0.15, -0.1) is 0 Å². The molecule has 17 heavy (non-hydrogen) atoms. The zero-order valence-electron chi connectivity index (χ0n) is 9.54. The highest BCUT2D eigenvalue weighted by molar-refractivity contribution is 7.17. The Bertz CT molecular complexity index is 389. The van der Waals surface area contributed by atoms with Gasteiger partial charge in [0.1, 0.15) is 6.54 Å². The van der Waals surface area contributed by atoms with Gasteiger partial charge < -0.3 is 4.90 Å². The first-order chi connectivity index (χ1) is 7.87. The second-order valence-electron chi connectivity index (χ2n) is 3.60. The molecular formula is C10H13F3N2OS. The molecule has 0 amide bonds. The maximum absolute atomic E-state index is 12.4. The number of alkyl halides is 3. The van der Waals surface area contributed by atoms with Crippen molar-refractivity contribution < 1.29 is 18.0 Å². The maximum Gasteiger partial charge on any atom is 0.406 e.